The van der Waals surface area contributed by atoms with Crippen molar-refractivity contribution < 1.29 is 35.9 Å². The van der Waals surface area contributed by atoms with Gasteiger partial charge in [-0.25, -0.2) is 0 Å². The summed E-state index contributed by atoms with van der Waals surface area (Å²) < 4.78 is 77.7. The van der Waals surface area contributed by atoms with Crippen molar-refractivity contribution >= 4 is 67.9 Å². The van der Waals surface area contributed by atoms with E-state index in [1.54, 1.807) is 36.4 Å². The lowest BCUT2D eigenvalue weighted by atomic mass is 9.99. The molecule has 0 aliphatic carbocycles. The number of hydrogen-bond acceptors (Lipinski definition) is 8. The Labute approximate surface area is 372 Å². The number of nitrogens with one attached hydrogen (secondary N) is 2. The summed E-state index contributed by atoms with van der Waals surface area (Å²) in [6.07, 6.45) is -9.24. The van der Waals surface area contributed by atoms with Crippen LogP contribution in [0.15, 0.2) is 146 Å². The molecule has 0 saturated heterocycles. The highest BCUT2D eigenvalue weighted by Crippen LogP contribution is 2.33. The van der Waals surface area contributed by atoms with E-state index < -0.39 is 23.5 Å². The number of ketones is 2. The topological polar surface area (TPSA) is 110 Å². The highest BCUT2D eigenvalue weighted by molar-refractivity contribution is 6.35. The molecule has 2 aromatic heterocycles. The molecule has 0 saturated carbocycles. The number of halogens is 8. The van der Waals surface area contributed by atoms with Crippen LogP contribution in [-0.4, -0.2) is 32.0 Å². The third-order valence-electron chi connectivity index (χ3n) is 9.96. The van der Waals surface area contributed by atoms with E-state index in [4.69, 9.17) is 23.2 Å². The van der Waals surface area contributed by atoms with Gasteiger partial charge in [0, 0.05) is 58.6 Å². The van der Waals surface area contributed by atoms with Gasteiger partial charge in [0.05, 0.1) is 11.1 Å². The smallest absolute Gasteiger partial charge is 0.364 e. The van der Waals surface area contributed by atoms with Gasteiger partial charge in [-0.05, 0) is 52.6 Å². The van der Waals surface area contributed by atoms with E-state index in [-0.39, 0.29) is 40.3 Å². The first-order valence-corrected chi connectivity index (χ1v) is 20.2. The van der Waals surface area contributed by atoms with Crippen molar-refractivity contribution in [3.8, 4) is 0 Å². The zero-order valence-corrected chi connectivity index (χ0v) is 34.8. The zero-order chi connectivity index (χ0) is 45.4. The van der Waals surface area contributed by atoms with Crippen molar-refractivity contribution in [3.63, 3.8) is 0 Å². The molecular formula is C48H34Cl2F6N6O2. The highest BCUT2D eigenvalue weighted by Gasteiger charge is 2.31. The lowest BCUT2D eigenvalue weighted by Crippen LogP contribution is -2.08. The standard InChI is InChI=1S/2C24H17ClF3N3O/c25-22-20-13-17(21(32)12-16-7-4-8-18(11-16)24(26,27)28)9-10-19(20)23(31-30-22)29-14-15-5-2-1-3-6-15;25-22-19-10-9-17(21(32)12-16-7-4-8-18(11-16)24(26,27)28)13-20(19)23(31-30-22)29-14-15-5-2-1-3-6-15/h2*1-11,13H,12,14H2,(H,29,31). The molecule has 0 aliphatic rings. The molecule has 16 heteroatoms. The van der Waals surface area contributed by atoms with Crippen LogP contribution in [-0.2, 0) is 38.3 Å². The van der Waals surface area contributed by atoms with Gasteiger partial charge in [-0.3, -0.25) is 9.59 Å². The number of fused-ring (bicyclic) bond motifs is 2. The zero-order valence-electron chi connectivity index (χ0n) is 33.3. The predicted molar refractivity (Wildman–Crippen MR) is 236 cm³/mol. The van der Waals surface area contributed by atoms with Crippen LogP contribution in [0.25, 0.3) is 21.5 Å². The molecule has 0 unspecified atom stereocenters. The number of nitrogens with zero attached hydrogens (tertiary/aromatic N) is 4. The summed E-state index contributed by atoms with van der Waals surface area (Å²) >= 11 is 12.4. The molecule has 2 heterocycles. The molecule has 8 nitrogen and oxygen atoms in total. The summed E-state index contributed by atoms with van der Waals surface area (Å²) in [4.78, 5) is 25.6. The highest BCUT2D eigenvalue weighted by atomic mass is 35.5. The van der Waals surface area contributed by atoms with Crippen molar-refractivity contribution in [1.29, 1.82) is 0 Å². The second-order valence-corrected chi connectivity index (χ2v) is 15.2. The number of Topliss-reactive ketones (excluding diaryl/α,β-unsaturated/α-hetero) is 2. The van der Waals surface area contributed by atoms with E-state index in [2.05, 4.69) is 31.0 Å². The fourth-order valence-electron chi connectivity index (χ4n) is 6.71. The minimum Gasteiger partial charge on any atom is -0.364 e. The van der Waals surface area contributed by atoms with Crippen molar-refractivity contribution in [2.75, 3.05) is 10.6 Å². The van der Waals surface area contributed by atoms with Crippen molar-refractivity contribution in [3.05, 3.63) is 200 Å². The first-order chi connectivity index (χ1) is 30.6. The molecule has 2 N–H and O–H groups in total. The number of alkyl halides is 6. The van der Waals surface area contributed by atoms with Crippen LogP contribution in [0.4, 0.5) is 38.0 Å². The molecule has 0 bridgehead atoms. The molecule has 0 fully saturated rings. The Morgan fingerprint density at radius 2 is 0.844 bits per heavy atom. The maximum atomic E-state index is 13.0. The Bertz CT molecular complexity index is 2950. The summed E-state index contributed by atoms with van der Waals surface area (Å²) in [6.45, 7) is 1.02. The molecule has 0 aliphatic heterocycles. The largest absolute Gasteiger partial charge is 0.416 e. The summed E-state index contributed by atoms with van der Waals surface area (Å²) in [7, 11) is 0. The monoisotopic (exact) mass is 910 g/mol. The van der Waals surface area contributed by atoms with Gasteiger partial charge in [0.25, 0.3) is 0 Å². The molecule has 6 aromatic carbocycles. The lowest BCUT2D eigenvalue weighted by molar-refractivity contribution is -0.138. The minimum atomic E-state index is -4.46. The Kier molecular flexibility index (Phi) is 13.9. The lowest BCUT2D eigenvalue weighted by Gasteiger charge is -2.11. The Balaban J connectivity index is 0.000000191. The number of anilines is 2. The first-order valence-electron chi connectivity index (χ1n) is 19.5. The van der Waals surface area contributed by atoms with E-state index in [0.29, 0.717) is 63.0 Å². The van der Waals surface area contributed by atoms with Crippen LogP contribution in [0, 0.1) is 0 Å². The predicted octanol–water partition coefficient (Wildman–Crippen LogP) is 12.7. The number of carbonyl (C=O) groups is 2. The van der Waals surface area contributed by atoms with Crippen LogP contribution >= 0.6 is 23.2 Å². The summed E-state index contributed by atoms with van der Waals surface area (Å²) in [5.74, 6) is 0.346. The van der Waals surface area contributed by atoms with Gasteiger partial charge in [-0.2, -0.15) is 26.3 Å². The molecule has 0 amide bonds. The molecule has 0 spiro atoms. The molecule has 0 atom stereocenters. The van der Waals surface area contributed by atoms with Gasteiger partial charge < -0.3 is 10.6 Å². The SMILES string of the molecule is O=C(Cc1cccc(C(F)(F)F)c1)c1ccc2c(Cl)nnc(NCc3ccccc3)c2c1.O=C(Cc1cccc(C(F)(F)F)c1)c1ccc2c(NCc3ccccc3)nnc(Cl)c2c1. The fraction of sp³-hybridized carbons (Fsp3) is 0.125. The van der Waals surface area contributed by atoms with Gasteiger partial charge in [0.2, 0.25) is 0 Å². The second-order valence-electron chi connectivity index (χ2n) is 14.5. The maximum absolute atomic E-state index is 13.0. The number of hydrogen-bond donors (Lipinski definition) is 2. The Morgan fingerprint density at radius 1 is 0.438 bits per heavy atom. The van der Waals surface area contributed by atoms with Crippen LogP contribution in [0.2, 0.25) is 10.3 Å². The van der Waals surface area contributed by atoms with Crippen LogP contribution in [0.1, 0.15) is 54.1 Å². The van der Waals surface area contributed by atoms with E-state index in [1.807, 2.05) is 60.7 Å². The molecule has 0 radical (unpaired) electrons. The first kappa shape index (κ1) is 45.1. The summed E-state index contributed by atoms with van der Waals surface area (Å²) in [5, 5.41) is 25.3. The summed E-state index contributed by atoms with van der Waals surface area (Å²) in [6, 6.07) is 38.8. The molecular weight excluding hydrogens is 877 g/mol. The van der Waals surface area contributed by atoms with Crippen LogP contribution < -0.4 is 10.6 Å². The molecule has 8 aromatic rings. The van der Waals surface area contributed by atoms with Crippen LogP contribution in [0.3, 0.4) is 0 Å². The van der Waals surface area contributed by atoms with Crippen LogP contribution in [0.5, 0.6) is 0 Å². The average Bonchev–Trinajstić information content (AvgIpc) is 3.29. The quantitative estimate of drug-likeness (QED) is 0.0921. The van der Waals surface area contributed by atoms with Gasteiger partial charge in [0.1, 0.15) is 0 Å². The fourth-order valence-corrected chi connectivity index (χ4v) is 7.10. The average molecular weight is 912 g/mol. The van der Waals surface area contributed by atoms with Gasteiger partial charge >= 0.3 is 12.4 Å². The van der Waals surface area contributed by atoms with E-state index in [9.17, 15) is 35.9 Å². The summed E-state index contributed by atoms with van der Waals surface area (Å²) in [5.41, 5.74) is 1.79. The number of rotatable bonds is 12. The maximum Gasteiger partial charge on any atom is 0.416 e. The van der Waals surface area contributed by atoms with Gasteiger partial charge in [-0.1, -0.05) is 138 Å². The Hall–Kier alpha value is -6.90. The normalized spacial score (nSPS) is 11.5. The molecule has 8 rings (SSSR count). The van der Waals surface area contributed by atoms with E-state index >= 15 is 0 Å². The number of aromatic nitrogens is 4. The van der Waals surface area contributed by atoms with Crippen molar-refractivity contribution in [2.24, 2.45) is 0 Å². The third-order valence-corrected chi connectivity index (χ3v) is 10.5. The van der Waals surface area contributed by atoms with Gasteiger partial charge in [-0.15, -0.1) is 20.4 Å². The van der Waals surface area contributed by atoms with E-state index in [0.717, 1.165) is 35.4 Å². The van der Waals surface area contributed by atoms with E-state index in [1.165, 1.54) is 24.3 Å². The Morgan fingerprint density at radius 3 is 1.31 bits per heavy atom. The molecule has 324 valence electrons. The number of carbonyl (C=O) groups excluding carboxylic acids is 2. The third kappa shape index (κ3) is 11.4. The second kappa shape index (κ2) is 19.7. The number of benzene rings is 6. The molecule has 64 heavy (non-hydrogen) atoms. The van der Waals surface area contributed by atoms with Crippen molar-refractivity contribution in [2.45, 2.75) is 38.3 Å². The van der Waals surface area contributed by atoms with Gasteiger partial charge in [0.15, 0.2) is 33.5 Å². The van der Waals surface area contributed by atoms with Crippen molar-refractivity contribution in [1.82, 2.24) is 20.4 Å². The minimum absolute atomic E-state index is 0.138.